The van der Waals surface area contributed by atoms with Crippen LogP contribution in [0.25, 0.3) is 0 Å². The molecule has 17 heavy (non-hydrogen) atoms. The molecule has 1 aromatic rings. The second kappa shape index (κ2) is 6.32. The first kappa shape index (κ1) is 13.6. The molecule has 94 valence electrons. The lowest BCUT2D eigenvalue weighted by atomic mass is 10.1. The van der Waals surface area contributed by atoms with Gasteiger partial charge in [0.15, 0.2) is 0 Å². The fourth-order valence-electron chi connectivity index (χ4n) is 1.33. The van der Waals surface area contributed by atoms with E-state index in [4.69, 9.17) is 10.5 Å². The maximum absolute atomic E-state index is 13.0. The molecule has 0 spiro atoms. The van der Waals surface area contributed by atoms with Crippen LogP contribution in [0.2, 0.25) is 0 Å². The van der Waals surface area contributed by atoms with E-state index in [0.29, 0.717) is 18.7 Å². The van der Waals surface area contributed by atoms with E-state index in [-0.39, 0.29) is 5.91 Å². The molecule has 0 saturated heterocycles. The monoisotopic (exact) mass is 240 g/mol. The van der Waals surface area contributed by atoms with Crippen molar-refractivity contribution in [3.8, 4) is 0 Å². The number of nitrogens with two attached hydrogens (primary N) is 1. The summed E-state index contributed by atoms with van der Waals surface area (Å²) in [6, 6.07) is 3.56. The minimum Gasteiger partial charge on any atom is -0.385 e. The van der Waals surface area contributed by atoms with E-state index in [1.807, 2.05) is 0 Å². The predicted octanol–water partition coefficient (Wildman–Crippen LogP) is 1.44. The molecular formula is C12H17FN2O2. The Balaban J connectivity index is 2.64. The predicted molar refractivity (Wildman–Crippen MR) is 64.2 cm³/mol. The highest BCUT2D eigenvalue weighted by Gasteiger charge is 2.14. The van der Waals surface area contributed by atoms with Crippen molar-refractivity contribution in [3.63, 3.8) is 0 Å². The number of methoxy groups -OCH3 is 1. The van der Waals surface area contributed by atoms with Crippen molar-refractivity contribution in [2.24, 2.45) is 5.73 Å². The van der Waals surface area contributed by atoms with Crippen LogP contribution in [0.5, 0.6) is 0 Å². The van der Waals surface area contributed by atoms with Gasteiger partial charge in [-0.25, -0.2) is 4.39 Å². The zero-order valence-electron chi connectivity index (χ0n) is 10.00. The second-order valence-corrected chi connectivity index (χ2v) is 3.84. The lowest BCUT2D eigenvalue weighted by Gasteiger charge is -2.13. The minimum absolute atomic E-state index is 0.337. The molecule has 3 N–H and O–H groups in total. The molecule has 0 fully saturated rings. The SMILES string of the molecule is COCCC(N)C(=O)Nc1cc(F)ccc1C. The number of benzene rings is 1. The quantitative estimate of drug-likeness (QED) is 0.818. The largest absolute Gasteiger partial charge is 0.385 e. The van der Waals surface area contributed by atoms with Crippen molar-refractivity contribution < 1.29 is 13.9 Å². The van der Waals surface area contributed by atoms with Crippen molar-refractivity contribution >= 4 is 11.6 Å². The molecule has 0 heterocycles. The van der Waals surface area contributed by atoms with E-state index in [1.165, 1.54) is 12.1 Å². The summed E-state index contributed by atoms with van der Waals surface area (Å²) in [5.41, 5.74) is 6.89. The van der Waals surface area contributed by atoms with Crippen molar-refractivity contribution in [2.75, 3.05) is 19.0 Å². The van der Waals surface area contributed by atoms with Crippen LogP contribution in [-0.2, 0) is 9.53 Å². The first-order chi connectivity index (χ1) is 8.04. The molecule has 1 amide bonds. The molecule has 4 nitrogen and oxygen atoms in total. The second-order valence-electron chi connectivity index (χ2n) is 3.84. The van der Waals surface area contributed by atoms with Crippen LogP contribution < -0.4 is 11.1 Å². The molecule has 1 atom stereocenters. The molecule has 0 aliphatic rings. The number of amides is 1. The Labute approximate surface area is 100.0 Å². The molecule has 0 aliphatic carbocycles. The van der Waals surface area contributed by atoms with E-state index >= 15 is 0 Å². The Morgan fingerprint density at radius 2 is 2.29 bits per heavy atom. The Bertz CT molecular complexity index is 396. The molecule has 0 bridgehead atoms. The highest BCUT2D eigenvalue weighted by atomic mass is 19.1. The van der Waals surface area contributed by atoms with Gasteiger partial charge in [0.05, 0.1) is 6.04 Å². The summed E-state index contributed by atoms with van der Waals surface area (Å²) in [7, 11) is 1.54. The molecular weight excluding hydrogens is 223 g/mol. The first-order valence-electron chi connectivity index (χ1n) is 5.36. The summed E-state index contributed by atoms with van der Waals surface area (Å²) in [4.78, 5) is 11.7. The number of rotatable bonds is 5. The molecule has 0 radical (unpaired) electrons. The van der Waals surface area contributed by atoms with Crippen LogP contribution in [0.15, 0.2) is 18.2 Å². The van der Waals surface area contributed by atoms with Gasteiger partial charge in [-0.05, 0) is 31.0 Å². The van der Waals surface area contributed by atoms with Gasteiger partial charge >= 0.3 is 0 Å². The number of hydrogen-bond donors (Lipinski definition) is 2. The van der Waals surface area contributed by atoms with E-state index in [1.54, 1.807) is 20.1 Å². The van der Waals surface area contributed by atoms with Gasteiger partial charge in [0.2, 0.25) is 5.91 Å². The molecule has 5 heteroatoms. The molecule has 0 aliphatic heterocycles. The van der Waals surface area contributed by atoms with E-state index in [9.17, 15) is 9.18 Å². The fraction of sp³-hybridized carbons (Fsp3) is 0.417. The third-order valence-electron chi connectivity index (χ3n) is 2.43. The first-order valence-corrected chi connectivity index (χ1v) is 5.36. The normalized spacial score (nSPS) is 12.2. The van der Waals surface area contributed by atoms with Crippen LogP contribution >= 0.6 is 0 Å². The Hall–Kier alpha value is -1.46. The van der Waals surface area contributed by atoms with E-state index in [2.05, 4.69) is 5.32 Å². The summed E-state index contributed by atoms with van der Waals surface area (Å²) in [5, 5.41) is 2.60. The lowest BCUT2D eigenvalue weighted by Crippen LogP contribution is -2.36. The van der Waals surface area contributed by atoms with Gasteiger partial charge in [-0.15, -0.1) is 0 Å². The number of carbonyl (C=O) groups is 1. The van der Waals surface area contributed by atoms with E-state index in [0.717, 1.165) is 5.56 Å². The third kappa shape index (κ3) is 4.13. The highest BCUT2D eigenvalue weighted by Crippen LogP contribution is 2.16. The number of ether oxygens (including phenoxy) is 1. The maximum atomic E-state index is 13.0. The van der Waals surface area contributed by atoms with Gasteiger partial charge in [-0.2, -0.15) is 0 Å². The molecule has 0 saturated carbocycles. The average Bonchev–Trinajstić information content (AvgIpc) is 2.30. The minimum atomic E-state index is -0.655. The van der Waals surface area contributed by atoms with Crippen LogP contribution in [0.4, 0.5) is 10.1 Å². The fourth-order valence-corrected chi connectivity index (χ4v) is 1.33. The number of carbonyl (C=O) groups excluding carboxylic acids is 1. The van der Waals surface area contributed by atoms with Gasteiger partial charge in [0.25, 0.3) is 0 Å². The van der Waals surface area contributed by atoms with Gasteiger partial charge in [0.1, 0.15) is 5.82 Å². The number of aryl methyl sites for hydroxylation is 1. The summed E-state index contributed by atoms with van der Waals surface area (Å²) in [5.74, 6) is -0.730. The highest BCUT2D eigenvalue weighted by molar-refractivity contribution is 5.95. The van der Waals surface area contributed by atoms with Crippen molar-refractivity contribution in [2.45, 2.75) is 19.4 Å². The van der Waals surface area contributed by atoms with E-state index < -0.39 is 11.9 Å². The molecule has 1 rings (SSSR count). The standard InChI is InChI=1S/C12H17FN2O2/c1-8-3-4-9(13)7-11(8)15-12(16)10(14)5-6-17-2/h3-4,7,10H,5-6,14H2,1-2H3,(H,15,16). The molecule has 1 aromatic carbocycles. The van der Waals surface area contributed by atoms with Gasteiger partial charge in [-0.3, -0.25) is 4.79 Å². The molecule has 0 aromatic heterocycles. The number of nitrogens with one attached hydrogen (secondary N) is 1. The van der Waals surface area contributed by atoms with Crippen LogP contribution in [0.1, 0.15) is 12.0 Å². The van der Waals surface area contributed by atoms with Crippen LogP contribution in [0, 0.1) is 12.7 Å². The average molecular weight is 240 g/mol. The zero-order valence-corrected chi connectivity index (χ0v) is 10.00. The maximum Gasteiger partial charge on any atom is 0.241 e. The third-order valence-corrected chi connectivity index (χ3v) is 2.43. The van der Waals surface area contributed by atoms with Gasteiger partial charge in [-0.1, -0.05) is 6.07 Å². The summed E-state index contributed by atoms with van der Waals surface area (Å²) in [6.07, 6.45) is 0.427. The lowest BCUT2D eigenvalue weighted by molar-refractivity contribution is -0.117. The number of anilines is 1. The Morgan fingerprint density at radius 3 is 2.94 bits per heavy atom. The number of hydrogen-bond acceptors (Lipinski definition) is 3. The van der Waals surface area contributed by atoms with Gasteiger partial charge < -0.3 is 15.8 Å². The van der Waals surface area contributed by atoms with Crippen LogP contribution in [0.3, 0.4) is 0 Å². The zero-order chi connectivity index (χ0) is 12.8. The molecule has 1 unspecified atom stereocenters. The Morgan fingerprint density at radius 1 is 1.59 bits per heavy atom. The summed E-state index contributed by atoms with van der Waals surface area (Å²) >= 11 is 0. The number of halogens is 1. The summed E-state index contributed by atoms with van der Waals surface area (Å²) in [6.45, 7) is 2.20. The summed E-state index contributed by atoms with van der Waals surface area (Å²) < 4.78 is 17.8. The van der Waals surface area contributed by atoms with Crippen molar-refractivity contribution in [1.29, 1.82) is 0 Å². The van der Waals surface area contributed by atoms with Crippen molar-refractivity contribution in [3.05, 3.63) is 29.6 Å². The van der Waals surface area contributed by atoms with Gasteiger partial charge in [0, 0.05) is 19.4 Å². The Kier molecular flexibility index (Phi) is 5.06. The van der Waals surface area contributed by atoms with Crippen molar-refractivity contribution in [1.82, 2.24) is 0 Å². The van der Waals surface area contributed by atoms with Crippen LogP contribution in [-0.4, -0.2) is 25.7 Å². The smallest absolute Gasteiger partial charge is 0.241 e. The topological polar surface area (TPSA) is 64.3 Å².